The summed E-state index contributed by atoms with van der Waals surface area (Å²) in [6, 6.07) is 3.47. The van der Waals surface area contributed by atoms with Gasteiger partial charge in [-0.1, -0.05) is 0 Å². The third kappa shape index (κ3) is 2.35. The van der Waals surface area contributed by atoms with Gasteiger partial charge in [0.1, 0.15) is 5.82 Å². The molecule has 0 bridgehead atoms. The van der Waals surface area contributed by atoms with Gasteiger partial charge in [-0.05, 0) is 31.9 Å². The molecule has 2 aromatic heterocycles. The first-order chi connectivity index (χ1) is 9.79. The molecule has 0 saturated carbocycles. The van der Waals surface area contributed by atoms with E-state index in [2.05, 4.69) is 16.5 Å². The standard InChI is InChI=1S/C15H19N3O2/c1-2-17-9-7-16-14(17)12-5-3-8-18(11-12)15(19)13-6-4-10-20-13/h4,6-7,9-10,12H,2-3,5,8,11H2,1H3/t12-/m0/s1. The Bertz CT molecular complexity index is 574. The monoisotopic (exact) mass is 273 g/mol. The Hall–Kier alpha value is -2.04. The van der Waals surface area contributed by atoms with Crippen molar-refractivity contribution in [3.05, 3.63) is 42.4 Å². The van der Waals surface area contributed by atoms with Gasteiger partial charge in [0.25, 0.3) is 5.91 Å². The maximum atomic E-state index is 12.3. The number of carbonyl (C=O) groups is 1. The van der Waals surface area contributed by atoms with Crippen LogP contribution in [0.15, 0.2) is 35.2 Å². The molecule has 5 heteroatoms. The van der Waals surface area contributed by atoms with E-state index in [1.807, 2.05) is 17.3 Å². The molecule has 1 atom stereocenters. The van der Waals surface area contributed by atoms with Crippen molar-refractivity contribution in [1.29, 1.82) is 0 Å². The summed E-state index contributed by atoms with van der Waals surface area (Å²) in [7, 11) is 0. The summed E-state index contributed by atoms with van der Waals surface area (Å²) < 4.78 is 7.37. The van der Waals surface area contributed by atoms with Gasteiger partial charge in [-0.15, -0.1) is 0 Å². The minimum atomic E-state index is -0.0192. The summed E-state index contributed by atoms with van der Waals surface area (Å²) in [5, 5.41) is 0. The maximum absolute atomic E-state index is 12.3. The van der Waals surface area contributed by atoms with Gasteiger partial charge in [0.05, 0.1) is 6.26 Å². The van der Waals surface area contributed by atoms with E-state index in [-0.39, 0.29) is 5.91 Å². The topological polar surface area (TPSA) is 51.3 Å². The summed E-state index contributed by atoms with van der Waals surface area (Å²) in [5.41, 5.74) is 0. The fourth-order valence-corrected chi connectivity index (χ4v) is 2.88. The van der Waals surface area contributed by atoms with Crippen LogP contribution in [0.2, 0.25) is 0 Å². The van der Waals surface area contributed by atoms with E-state index in [1.165, 1.54) is 0 Å². The zero-order valence-electron chi connectivity index (χ0n) is 11.7. The average molecular weight is 273 g/mol. The van der Waals surface area contributed by atoms with Gasteiger partial charge in [-0.2, -0.15) is 0 Å². The predicted octanol–water partition coefficient (Wildman–Crippen LogP) is 2.52. The number of furan rings is 1. The highest BCUT2D eigenvalue weighted by Crippen LogP contribution is 2.26. The lowest BCUT2D eigenvalue weighted by molar-refractivity contribution is 0.0671. The number of piperidine rings is 1. The van der Waals surface area contributed by atoms with Gasteiger partial charge < -0.3 is 13.9 Å². The van der Waals surface area contributed by atoms with E-state index in [4.69, 9.17) is 4.42 Å². The maximum Gasteiger partial charge on any atom is 0.289 e. The largest absolute Gasteiger partial charge is 0.459 e. The van der Waals surface area contributed by atoms with Crippen LogP contribution < -0.4 is 0 Å². The second-order valence-electron chi connectivity index (χ2n) is 5.14. The van der Waals surface area contributed by atoms with Gasteiger partial charge in [0.15, 0.2) is 5.76 Å². The average Bonchev–Trinajstić information content (AvgIpc) is 3.17. The summed E-state index contributed by atoms with van der Waals surface area (Å²) in [4.78, 5) is 18.7. The van der Waals surface area contributed by atoms with E-state index >= 15 is 0 Å². The lowest BCUT2D eigenvalue weighted by Gasteiger charge is -2.32. The first-order valence-corrected chi connectivity index (χ1v) is 7.13. The zero-order chi connectivity index (χ0) is 13.9. The Morgan fingerprint density at radius 1 is 1.55 bits per heavy atom. The first-order valence-electron chi connectivity index (χ1n) is 7.13. The SMILES string of the molecule is CCn1ccnc1[C@H]1CCCN(C(=O)c2ccco2)C1. The normalized spacial score (nSPS) is 19.2. The summed E-state index contributed by atoms with van der Waals surface area (Å²) in [6.45, 7) is 4.54. The quantitative estimate of drug-likeness (QED) is 0.863. The second kappa shape index (κ2) is 5.53. The summed E-state index contributed by atoms with van der Waals surface area (Å²) in [6.07, 6.45) is 7.47. The summed E-state index contributed by atoms with van der Waals surface area (Å²) >= 11 is 0. The Morgan fingerprint density at radius 3 is 3.20 bits per heavy atom. The van der Waals surface area contributed by atoms with Crippen molar-refractivity contribution < 1.29 is 9.21 Å². The Balaban J connectivity index is 1.75. The molecule has 1 fully saturated rings. The molecule has 0 spiro atoms. The van der Waals surface area contributed by atoms with Gasteiger partial charge in [0.2, 0.25) is 0 Å². The molecule has 1 aliphatic rings. The van der Waals surface area contributed by atoms with Crippen molar-refractivity contribution in [2.24, 2.45) is 0 Å². The minimum absolute atomic E-state index is 0.0192. The number of nitrogens with zero attached hydrogens (tertiary/aromatic N) is 3. The van der Waals surface area contributed by atoms with Gasteiger partial charge in [-0.3, -0.25) is 4.79 Å². The number of carbonyl (C=O) groups excluding carboxylic acids is 1. The molecule has 0 aliphatic carbocycles. The van der Waals surface area contributed by atoms with E-state index in [0.29, 0.717) is 11.7 Å². The summed E-state index contributed by atoms with van der Waals surface area (Å²) in [5.74, 6) is 1.81. The third-order valence-corrected chi connectivity index (χ3v) is 3.89. The zero-order valence-corrected chi connectivity index (χ0v) is 11.7. The molecule has 2 aromatic rings. The lowest BCUT2D eigenvalue weighted by Crippen LogP contribution is -2.39. The van der Waals surface area contributed by atoms with Crippen molar-refractivity contribution in [2.45, 2.75) is 32.2 Å². The molecule has 0 aromatic carbocycles. The molecule has 5 nitrogen and oxygen atoms in total. The van der Waals surface area contributed by atoms with Gasteiger partial charge in [-0.25, -0.2) is 4.98 Å². The van der Waals surface area contributed by atoms with Gasteiger partial charge >= 0.3 is 0 Å². The van der Waals surface area contributed by atoms with E-state index in [1.54, 1.807) is 18.4 Å². The second-order valence-corrected chi connectivity index (χ2v) is 5.14. The van der Waals surface area contributed by atoms with Crippen molar-refractivity contribution in [1.82, 2.24) is 14.5 Å². The smallest absolute Gasteiger partial charge is 0.289 e. The fourth-order valence-electron chi connectivity index (χ4n) is 2.88. The van der Waals surface area contributed by atoms with Crippen LogP contribution in [0.25, 0.3) is 0 Å². The molecule has 0 radical (unpaired) electrons. The molecule has 1 aliphatic heterocycles. The van der Waals surface area contributed by atoms with Crippen LogP contribution in [0, 0.1) is 0 Å². The number of aryl methyl sites for hydroxylation is 1. The molecule has 1 amide bonds. The van der Waals surface area contributed by atoms with Gasteiger partial charge in [0, 0.05) is 37.9 Å². The highest BCUT2D eigenvalue weighted by Gasteiger charge is 2.28. The number of rotatable bonds is 3. The molecule has 0 N–H and O–H groups in total. The molecular formula is C15H19N3O2. The Labute approximate surface area is 118 Å². The van der Waals surface area contributed by atoms with Crippen molar-refractivity contribution >= 4 is 5.91 Å². The number of hydrogen-bond acceptors (Lipinski definition) is 3. The third-order valence-electron chi connectivity index (χ3n) is 3.89. The first kappa shape index (κ1) is 13.0. The highest BCUT2D eigenvalue weighted by atomic mass is 16.3. The van der Waals surface area contributed by atoms with E-state index in [0.717, 1.165) is 38.3 Å². The molecule has 0 unspecified atom stereocenters. The minimum Gasteiger partial charge on any atom is -0.459 e. The fraction of sp³-hybridized carbons (Fsp3) is 0.467. The number of amides is 1. The molecule has 1 saturated heterocycles. The molecular weight excluding hydrogens is 254 g/mol. The van der Waals surface area contributed by atoms with Crippen LogP contribution in [0.1, 0.15) is 42.1 Å². The van der Waals surface area contributed by atoms with E-state index in [9.17, 15) is 4.79 Å². The number of likely N-dealkylation sites (tertiary alicyclic amines) is 1. The lowest BCUT2D eigenvalue weighted by atomic mass is 9.97. The van der Waals surface area contributed by atoms with E-state index < -0.39 is 0 Å². The Morgan fingerprint density at radius 2 is 2.45 bits per heavy atom. The van der Waals surface area contributed by atoms with Crippen molar-refractivity contribution in [2.75, 3.05) is 13.1 Å². The number of hydrogen-bond donors (Lipinski definition) is 0. The van der Waals surface area contributed by atoms with Crippen LogP contribution in [0.4, 0.5) is 0 Å². The van der Waals surface area contributed by atoms with Crippen molar-refractivity contribution in [3.63, 3.8) is 0 Å². The molecule has 3 rings (SSSR count). The predicted molar refractivity (Wildman–Crippen MR) is 74.5 cm³/mol. The highest BCUT2D eigenvalue weighted by molar-refractivity contribution is 5.91. The van der Waals surface area contributed by atoms with Crippen LogP contribution >= 0.6 is 0 Å². The van der Waals surface area contributed by atoms with Crippen LogP contribution in [0.5, 0.6) is 0 Å². The van der Waals surface area contributed by atoms with Crippen LogP contribution in [-0.4, -0.2) is 33.4 Å². The molecule has 20 heavy (non-hydrogen) atoms. The Kier molecular flexibility index (Phi) is 3.58. The molecule has 3 heterocycles. The number of aromatic nitrogens is 2. The van der Waals surface area contributed by atoms with Crippen LogP contribution in [0.3, 0.4) is 0 Å². The van der Waals surface area contributed by atoms with Crippen LogP contribution in [-0.2, 0) is 6.54 Å². The number of imidazole rings is 1. The molecule has 106 valence electrons. The van der Waals surface area contributed by atoms with Crippen molar-refractivity contribution in [3.8, 4) is 0 Å².